The monoisotopic (exact) mass is 283 g/mol. The molecule has 1 unspecified atom stereocenters. The summed E-state index contributed by atoms with van der Waals surface area (Å²) in [5, 5.41) is 12.0. The Bertz CT molecular complexity index is 560. The summed E-state index contributed by atoms with van der Waals surface area (Å²) < 4.78 is 62.7. The Hall–Kier alpha value is -1.12. The van der Waals surface area contributed by atoms with Crippen LogP contribution in [0.4, 0.5) is 13.2 Å². The molecule has 8 heteroatoms. The van der Waals surface area contributed by atoms with Crippen molar-refractivity contribution >= 4 is 9.84 Å². The Morgan fingerprint density at radius 1 is 1.33 bits per heavy atom. The van der Waals surface area contributed by atoms with Crippen LogP contribution in [0, 0.1) is 17.5 Å². The van der Waals surface area contributed by atoms with Gasteiger partial charge in [-0.2, -0.15) is 0 Å². The first-order chi connectivity index (χ1) is 8.20. The third-order valence-corrected chi connectivity index (χ3v) is 3.39. The maximum Gasteiger partial charge on any atom is 0.181 e. The van der Waals surface area contributed by atoms with Crippen LogP contribution in [-0.4, -0.2) is 33.4 Å². The van der Waals surface area contributed by atoms with E-state index in [1.54, 1.807) is 0 Å². The topological polar surface area (TPSA) is 66.4 Å². The minimum Gasteiger partial charge on any atom is -0.387 e. The summed E-state index contributed by atoms with van der Waals surface area (Å²) in [4.78, 5) is -1.33. The van der Waals surface area contributed by atoms with Gasteiger partial charge in [-0.3, -0.25) is 0 Å². The van der Waals surface area contributed by atoms with Crippen LogP contribution in [-0.2, 0) is 9.84 Å². The number of hydrogen-bond donors (Lipinski definition) is 2. The van der Waals surface area contributed by atoms with Crippen LogP contribution in [0.5, 0.6) is 0 Å². The van der Waals surface area contributed by atoms with Crippen LogP contribution < -0.4 is 5.32 Å². The molecule has 18 heavy (non-hydrogen) atoms. The molecule has 0 aromatic heterocycles. The molecule has 1 atom stereocenters. The smallest absolute Gasteiger partial charge is 0.181 e. The highest BCUT2D eigenvalue weighted by Gasteiger charge is 2.27. The second kappa shape index (κ2) is 5.25. The lowest BCUT2D eigenvalue weighted by molar-refractivity contribution is 0.170. The summed E-state index contributed by atoms with van der Waals surface area (Å²) in [6.07, 6.45) is -0.912. The Morgan fingerprint density at radius 3 is 2.33 bits per heavy atom. The molecular weight excluding hydrogens is 271 g/mol. The van der Waals surface area contributed by atoms with Gasteiger partial charge in [-0.25, -0.2) is 21.6 Å². The predicted octanol–water partition coefficient (Wildman–Crippen LogP) is 0.760. The van der Waals surface area contributed by atoms with E-state index in [-0.39, 0.29) is 6.54 Å². The van der Waals surface area contributed by atoms with Crippen molar-refractivity contribution in [2.75, 3.05) is 19.8 Å². The number of sulfone groups is 1. The molecule has 0 fully saturated rings. The number of aliphatic hydroxyl groups is 1. The largest absolute Gasteiger partial charge is 0.387 e. The number of hydrogen-bond acceptors (Lipinski definition) is 4. The Labute approximate surface area is 102 Å². The number of aliphatic hydroxyl groups excluding tert-OH is 1. The minimum absolute atomic E-state index is 0.131. The van der Waals surface area contributed by atoms with Gasteiger partial charge in [0.2, 0.25) is 0 Å². The normalized spacial score (nSPS) is 13.7. The van der Waals surface area contributed by atoms with Crippen LogP contribution in [0.3, 0.4) is 0 Å². The van der Waals surface area contributed by atoms with Gasteiger partial charge in [0.05, 0.1) is 6.10 Å². The predicted molar refractivity (Wildman–Crippen MR) is 58.3 cm³/mol. The molecule has 0 saturated carbocycles. The average molecular weight is 283 g/mol. The maximum absolute atomic E-state index is 13.6. The Kier molecular flexibility index (Phi) is 4.36. The van der Waals surface area contributed by atoms with E-state index in [9.17, 15) is 26.7 Å². The highest BCUT2D eigenvalue weighted by atomic mass is 32.2. The zero-order valence-corrected chi connectivity index (χ0v) is 10.5. The van der Waals surface area contributed by atoms with Gasteiger partial charge in [-0.15, -0.1) is 0 Å². The highest BCUT2D eigenvalue weighted by Crippen LogP contribution is 2.27. The first kappa shape index (κ1) is 14.9. The van der Waals surface area contributed by atoms with E-state index >= 15 is 0 Å². The van der Waals surface area contributed by atoms with Crippen LogP contribution in [0.25, 0.3) is 0 Å². The number of halogens is 3. The first-order valence-corrected chi connectivity index (χ1v) is 6.79. The summed E-state index contributed by atoms with van der Waals surface area (Å²) in [7, 11) is -2.77. The molecule has 0 aliphatic carbocycles. The van der Waals surface area contributed by atoms with E-state index in [0.717, 1.165) is 0 Å². The van der Waals surface area contributed by atoms with Gasteiger partial charge in [-0.1, -0.05) is 0 Å². The molecule has 2 N–H and O–H groups in total. The Morgan fingerprint density at radius 2 is 1.89 bits per heavy atom. The molecule has 0 amide bonds. The summed E-state index contributed by atoms with van der Waals surface area (Å²) in [5.74, 6) is -4.82. The average Bonchev–Trinajstić information content (AvgIpc) is 2.21. The number of benzene rings is 1. The number of likely N-dealkylation sites (N-methyl/N-ethyl adjacent to an activating group) is 1. The fraction of sp³-hybridized carbons (Fsp3) is 0.400. The maximum atomic E-state index is 13.6. The lowest BCUT2D eigenvalue weighted by Gasteiger charge is -2.13. The molecule has 4 nitrogen and oxygen atoms in total. The molecular formula is C10H12F3NO3S. The zero-order chi connectivity index (χ0) is 14.1. The van der Waals surface area contributed by atoms with Crippen LogP contribution in [0.1, 0.15) is 11.7 Å². The highest BCUT2D eigenvalue weighted by molar-refractivity contribution is 7.90. The fourth-order valence-electron chi connectivity index (χ4n) is 1.48. The molecule has 0 aliphatic rings. The van der Waals surface area contributed by atoms with E-state index in [1.807, 2.05) is 0 Å². The van der Waals surface area contributed by atoms with E-state index in [1.165, 1.54) is 7.05 Å². The molecule has 1 rings (SSSR count). The van der Waals surface area contributed by atoms with Gasteiger partial charge in [0.1, 0.15) is 10.7 Å². The molecule has 0 aliphatic heterocycles. The lowest BCUT2D eigenvalue weighted by Crippen LogP contribution is -2.19. The van der Waals surface area contributed by atoms with Crippen LogP contribution in [0.2, 0.25) is 0 Å². The van der Waals surface area contributed by atoms with Crippen LogP contribution >= 0.6 is 0 Å². The SMILES string of the molecule is CNCC(O)c1cc(F)c(S(C)(=O)=O)c(F)c1F. The fourth-order valence-corrected chi connectivity index (χ4v) is 2.31. The third kappa shape index (κ3) is 2.82. The van der Waals surface area contributed by atoms with Crippen molar-refractivity contribution in [3.63, 3.8) is 0 Å². The summed E-state index contributed by atoms with van der Waals surface area (Å²) in [5.41, 5.74) is -0.633. The van der Waals surface area contributed by atoms with E-state index < -0.39 is 43.9 Å². The quantitative estimate of drug-likeness (QED) is 0.801. The van der Waals surface area contributed by atoms with Crippen molar-refractivity contribution in [1.82, 2.24) is 5.32 Å². The van der Waals surface area contributed by atoms with Gasteiger partial charge >= 0.3 is 0 Å². The second-order valence-corrected chi connectivity index (χ2v) is 5.70. The molecule has 1 aromatic rings. The second-order valence-electron chi connectivity index (χ2n) is 3.75. The molecule has 1 aromatic carbocycles. The van der Waals surface area contributed by atoms with Gasteiger partial charge in [0, 0.05) is 18.4 Å². The summed E-state index contributed by atoms with van der Waals surface area (Å²) >= 11 is 0. The number of nitrogens with one attached hydrogen (secondary N) is 1. The molecule has 0 spiro atoms. The standard InChI is InChI=1S/C10H12F3NO3S/c1-14-4-7(15)5-3-6(11)10(18(2,16)17)9(13)8(5)12/h3,7,14-15H,4H2,1-2H3. The van der Waals surface area contributed by atoms with Crippen molar-refractivity contribution in [1.29, 1.82) is 0 Å². The minimum atomic E-state index is -4.23. The van der Waals surface area contributed by atoms with Crippen molar-refractivity contribution < 1.29 is 26.7 Å². The van der Waals surface area contributed by atoms with Gasteiger partial charge in [-0.05, 0) is 13.1 Å². The van der Waals surface area contributed by atoms with Gasteiger partial charge < -0.3 is 10.4 Å². The molecule has 0 heterocycles. The lowest BCUT2D eigenvalue weighted by atomic mass is 10.1. The molecule has 0 saturated heterocycles. The van der Waals surface area contributed by atoms with Crippen molar-refractivity contribution in [2.24, 2.45) is 0 Å². The number of rotatable bonds is 4. The van der Waals surface area contributed by atoms with E-state index in [2.05, 4.69) is 5.32 Å². The van der Waals surface area contributed by atoms with Gasteiger partial charge in [0.25, 0.3) is 0 Å². The summed E-state index contributed by atoms with van der Waals surface area (Å²) in [6.45, 7) is -0.131. The Balaban J connectivity index is 3.47. The van der Waals surface area contributed by atoms with Crippen molar-refractivity contribution in [3.05, 3.63) is 29.1 Å². The van der Waals surface area contributed by atoms with Crippen molar-refractivity contribution in [3.8, 4) is 0 Å². The zero-order valence-electron chi connectivity index (χ0n) is 9.67. The van der Waals surface area contributed by atoms with E-state index in [0.29, 0.717) is 12.3 Å². The molecule has 0 bridgehead atoms. The molecule has 0 radical (unpaired) electrons. The molecule has 102 valence electrons. The first-order valence-electron chi connectivity index (χ1n) is 4.90. The third-order valence-electron chi connectivity index (χ3n) is 2.27. The van der Waals surface area contributed by atoms with Crippen molar-refractivity contribution in [2.45, 2.75) is 11.0 Å². The van der Waals surface area contributed by atoms with Gasteiger partial charge in [0.15, 0.2) is 21.5 Å². The summed E-state index contributed by atoms with van der Waals surface area (Å²) in [6, 6.07) is 0.483. The van der Waals surface area contributed by atoms with Crippen LogP contribution in [0.15, 0.2) is 11.0 Å². The van der Waals surface area contributed by atoms with E-state index in [4.69, 9.17) is 0 Å².